The Labute approximate surface area is 151 Å². The van der Waals surface area contributed by atoms with Crippen LogP contribution in [0.3, 0.4) is 0 Å². The lowest BCUT2D eigenvalue weighted by Crippen LogP contribution is -2.26. The Balaban J connectivity index is 1.73. The molecule has 0 saturated heterocycles. The number of aromatic nitrogens is 4. The smallest absolute Gasteiger partial charge is 0.256 e. The minimum absolute atomic E-state index is 0.0402. The van der Waals surface area contributed by atoms with E-state index in [1.165, 1.54) is 0 Å². The number of hydrogen-bond donors (Lipinski definition) is 0. The van der Waals surface area contributed by atoms with Gasteiger partial charge < -0.3 is 9.30 Å². The van der Waals surface area contributed by atoms with Crippen molar-refractivity contribution in [2.75, 3.05) is 7.05 Å². The summed E-state index contributed by atoms with van der Waals surface area (Å²) in [6.07, 6.45) is 5.59. The molecule has 0 spiro atoms. The fraction of sp³-hybridized carbons (Fsp3) is 0.150. The fourth-order valence-electron chi connectivity index (χ4n) is 3.09. The van der Waals surface area contributed by atoms with Crippen molar-refractivity contribution in [1.82, 2.24) is 24.1 Å². The first-order chi connectivity index (χ1) is 12.6. The lowest BCUT2D eigenvalue weighted by atomic mass is 10.2. The van der Waals surface area contributed by atoms with E-state index in [1.807, 2.05) is 72.4 Å². The third kappa shape index (κ3) is 2.86. The van der Waals surface area contributed by atoms with Crippen LogP contribution < -0.4 is 0 Å². The summed E-state index contributed by atoms with van der Waals surface area (Å²) in [5.74, 6) is -0.0402. The van der Waals surface area contributed by atoms with Crippen molar-refractivity contribution in [3.05, 3.63) is 78.4 Å². The van der Waals surface area contributed by atoms with E-state index in [-0.39, 0.29) is 5.91 Å². The van der Waals surface area contributed by atoms with Crippen LogP contribution in [0.15, 0.2) is 67.1 Å². The van der Waals surface area contributed by atoms with Crippen LogP contribution in [0.5, 0.6) is 0 Å². The van der Waals surface area contributed by atoms with Crippen LogP contribution >= 0.6 is 0 Å². The van der Waals surface area contributed by atoms with E-state index in [2.05, 4.69) is 10.1 Å². The van der Waals surface area contributed by atoms with E-state index in [9.17, 15) is 4.79 Å². The Morgan fingerprint density at radius 2 is 1.96 bits per heavy atom. The quantitative estimate of drug-likeness (QED) is 0.571. The van der Waals surface area contributed by atoms with Crippen LogP contribution in [0.25, 0.3) is 16.9 Å². The number of fused-ring (bicyclic) bond motifs is 1. The average Bonchev–Trinajstić information content (AvgIpc) is 3.25. The molecular formula is C20H19N5O. The number of nitrogens with zero attached hydrogens (tertiary/aromatic N) is 5. The summed E-state index contributed by atoms with van der Waals surface area (Å²) < 4.78 is 3.76. The maximum Gasteiger partial charge on any atom is 0.256 e. The van der Waals surface area contributed by atoms with Crippen LogP contribution in [-0.2, 0) is 13.6 Å². The summed E-state index contributed by atoms with van der Waals surface area (Å²) in [6, 6.07) is 15.4. The van der Waals surface area contributed by atoms with Gasteiger partial charge in [0.25, 0.3) is 5.91 Å². The summed E-state index contributed by atoms with van der Waals surface area (Å²) in [7, 11) is 3.68. The van der Waals surface area contributed by atoms with Crippen molar-refractivity contribution < 1.29 is 4.79 Å². The van der Waals surface area contributed by atoms with E-state index >= 15 is 0 Å². The minimum atomic E-state index is -0.0402. The van der Waals surface area contributed by atoms with Crippen LogP contribution in [0.2, 0.25) is 0 Å². The molecule has 0 unspecified atom stereocenters. The zero-order chi connectivity index (χ0) is 18.1. The molecule has 0 aliphatic carbocycles. The van der Waals surface area contributed by atoms with Gasteiger partial charge in [-0.25, -0.2) is 0 Å². The van der Waals surface area contributed by atoms with Gasteiger partial charge in [0.05, 0.1) is 29.0 Å². The fourth-order valence-corrected chi connectivity index (χ4v) is 3.09. The second-order valence-corrected chi connectivity index (χ2v) is 6.26. The van der Waals surface area contributed by atoms with Gasteiger partial charge in [0, 0.05) is 32.7 Å². The second kappa shape index (κ2) is 6.48. The van der Waals surface area contributed by atoms with Crippen molar-refractivity contribution in [1.29, 1.82) is 0 Å². The highest BCUT2D eigenvalue weighted by Crippen LogP contribution is 2.26. The van der Waals surface area contributed by atoms with Gasteiger partial charge in [0.15, 0.2) is 0 Å². The molecule has 1 amide bonds. The summed E-state index contributed by atoms with van der Waals surface area (Å²) in [5.41, 5.74) is 4.11. The Morgan fingerprint density at radius 1 is 1.12 bits per heavy atom. The van der Waals surface area contributed by atoms with Gasteiger partial charge in [-0.3, -0.25) is 14.5 Å². The molecule has 0 aliphatic heterocycles. The van der Waals surface area contributed by atoms with Crippen molar-refractivity contribution in [3.8, 4) is 11.4 Å². The standard InChI is InChI=1S/C20H19N5O/c1-23(14-15-7-3-5-10-21-15)20(26)16-13-19(17-9-12-24(2)22-17)25-11-6-4-8-18(16)25/h3-13H,14H2,1-2H3. The molecule has 0 atom stereocenters. The Hall–Kier alpha value is -3.41. The van der Waals surface area contributed by atoms with Crippen LogP contribution in [0.1, 0.15) is 16.1 Å². The molecule has 4 aromatic heterocycles. The molecule has 6 nitrogen and oxygen atoms in total. The predicted molar refractivity (Wildman–Crippen MR) is 99.6 cm³/mol. The molecule has 4 heterocycles. The van der Waals surface area contributed by atoms with Crippen molar-refractivity contribution in [2.45, 2.75) is 6.54 Å². The summed E-state index contributed by atoms with van der Waals surface area (Å²) in [6.45, 7) is 0.461. The van der Waals surface area contributed by atoms with Crippen molar-refractivity contribution in [3.63, 3.8) is 0 Å². The number of amides is 1. The molecule has 0 radical (unpaired) electrons. The third-order valence-corrected chi connectivity index (χ3v) is 4.35. The molecule has 4 rings (SSSR count). The molecule has 0 aromatic carbocycles. The lowest BCUT2D eigenvalue weighted by Gasteiger charge is -2.16. The average molecular weight is 345 g/mol. The number of carbonyl (C=O) groups is 1. The first kappa shape index (κ1) is 16.1. The van der Waals surface area contributed by atoms with Gasteiger partial charge in [-0.1, -0.05) is 12.1 Å². The van der Waals surface area contributed by atoms with E-state index in [1.54, 1.807) is 22.8 Å². The SMILES string of the molecule is CN(Cc1ccccn1)C(=O)c1cc(-c2ccn(C)n2)n2ccccc12. The maximum absolute atomic E-state index is 13.1. The highest BCUT2D eigenvalue weighted by atomic mass is 16.2. The monoisotopic (exact) mass is 345 g/mol. The van der Waals surface area contributed by atoms with Crippen molar-refractivity contribution >= 4 is 11.4 Å². The van der Waals surface area contributed by atoms with Gasteiger partial charge in [0.1, 0.15) is 5.69 Å². The van der Waals surface area contributed by atoms with Gasteiger partial charge in [0.2, 0.25) is 0 Å². The lowest BCUT2D eigenvalue weighted by molar-refractivity contribution is 0.0785. The Kier molecular flexibility index (Phi) is 4.01. The van der Waals surface area contributed by atoms with Crippen LogP contribution in [0, 0.1) is 0 Å². The first-order valence-electron chi connectivity index (χ1n) is 8.39. The molecule has 0 bridgehead atoms. The minimum Gasteiger partial charge on any atom is -0.336 e. The van der Waals surface area contributed by atoms with Crippen molar-refractivity contribution in [2.24, 2.45) is 7.05 Å². The van der Waals surface area contributed by atoms with Gasteiger partial charge in [-0.05, 0) is 36.4 Å². The summed E-state index contributed by atoms with van der Waals surface area (Å²) >= 11 is 0. The largest absolute Gasteiger partial charge is 0.336 e. The number of pyridine rings is 2. The topological polar surface area (TPSA) is 55.4 Å². The number of hydrogen-bond acceptors (Lipinski definition) is 3. The number of rotatable bonds is 4. The van der Waals surface area contributed by atoms with Gasteiger partial charge in [-0.15, -0.1) is 0 Å². The molecule has 0 saturated carbocycles. The third-order valence-electron chi connectivity index (χ3n) is 4.35. The molecular weight excluding hydrogens is 326 g/mol. The summed E-state index contributed by atoms with van der Waals surface area (Å²) in [5, 5.41) is 4.48. The Morgan fingerprint density at radius 3 is 2.69 bits per heavy atom. The predicted octanol–water partition coefficient (Wildman–Crippen LogP) is 3.01. The second-order valence-electron chi connectivity index (χ2n) is 6.26. The molecule has 0 N–H and O–H groups in total. The molecule has 0 aliphatic rings. The number of carbonyl (C=O) groups excluding carboxylic acids is 1. The van der Waals surface area contributed by atoms with E-state index in [0.29, 0.717) is 12.1 Å². The molecule has 4 aromatic rings. The Bertz CT molecular complexity index is 1060. The van der Waals surface area contributed by atoms with E-state index in [0.717, 1.165) is 22.6 Å². The first-order valence-corrected chi connectivity index (χ1v) is 8.39. The highest BCUT2D eigenvalue weighted by Gasteiger charge is 2.20. The highest BCUT2D eigenvalue weighted by molar-refractivity contribution is 6.02. The van der Waals surface area contributed by atoms with Crippen LogP contribution in [-0.4, -0.2) is 37.0 Å². The molecule has 130 valence electrons. The van der Waals surface area contributed by atoms with E-state index in [4.69, 9.17) is 0 Å². The zero-order valence-electron chi connectivity index (χ0n) is 14.7. The normalized spacial score (nSPS) is 11.0. The zero-order valence-corrected chi connectivity index (χ0v) is 14.7. The molecule has 6 heteroatoms. The van der Waals surface area contributed by atoms with E-state index < -0.39 is 0 Å². The van der Waals surface area contributed by atoms with Gasteiger partial charge >= 0.3 is 0 Å². The molecule has 26 heavy (non-hydrogen) atoms. The number of aryl methyl sites for hydroxylation is 1. The maximum atomic E-state index is 13.1. The van der Waals surface area contributed by atoms with Gasteiger partial charge in [-0.2, -0.15) is 5.10 Å². The molecule has 0 fully saturated rings. The van der Waals surface area contributed by atoms with Crippen LogP contribution in [0.4, 0.5) is 0 Å². The summed E-state index contributed by atoms with van der Waals surface area (Å²) in [4.78, 5) is 19.1.